The smallest absolute Gasteiger partial charge is 0.234 e. The van der Waals surface area contributed by atoms with E-state index in [-0.39, 0.29) is 11.9 Å². The Bertz CT molecular complexity index is 287. The van der Waals surface area contributed by atoms with Crippen molar-refractivity contribution in [3.8, 4) is 0 Å². The highest BCUT2D eigenvalue weighted by Crippen LogP contribution is 2.08. The Labute approximate surface area is 83.7 Å². The molecule has 0 spiro atoms. The lowest BCUT2D eigenvalue weighted by Gasteiger charge is -2.13. The van der Waals surface area contributed by atoms with Gasteiger partial charge in [-0.15, -0.1) is 0 Å². The van der Waals surface area contributed by atoms with Crippen molar-refractivity contribution in [1.29, 1.82) is 0 Å². The van der Waals surface area contributed by atoms with Gasteiger partial charge in [0.05, 0.1) is 12.6 Å². The van der Waals surface area contributed by atoms with Crippen LogP contribution in [0.1, 0.15) is 18.5 Å². The Morgan fingerprint density at radius 1 is 1.64 bits per heavy atom. The summed E-state index contributed by atoms with van der Waals surface area (Å²) in [7, 11) is 1.74. The molecule has 4 nitrogen and oxygen atoms in total. The normalized spacial score (nSPS) is 12.1. The van der Waals surface area contributed by atoms with Crippen molar-refractivity contribution in [2.75, 3.05) is 13.6 Å². The third kappa shape index (κ3) is 3.14. The highest BCUT2D eigenvalue weighted by atomic mass is 16.1. The number of likely N-dealkylation sites (N-methyl/N-ethyl adjacent to an activating group) is 1. The molecule has 0 saturated carbocycles. The zero-order valence-corrected chi connectivity index (χ0v) is 8.45. The van der Waals surface area contributed by atoms with Crippen LogP contribution in [0.4, 0.5) is 0 Å². The van der Waals surface area contributed by atoms with Gasteiger partial charge in [-0.25, -0.2) is 0 Å². The van der Waals surface area contributed by atoms with E-state index in [0.717, 1.165) is 5.56 Å². The first kappa shape index (κ1) is 10.7. The predicted octanol–water partition coefficient (Wildman–Crippen LogP) is 0.478. The number of nitrogens with zero attached hydrogens (tertiary/aromatic N) is 1. The van der Waals surface area contributed by atoms with Crippen molar-refractivity contribution in [1.82, 2.24) is 15.6 Å². The molecule has 0 fully saturated rings. The molecule has 1 rings (SSSR count). The SMILES string of the molecule is CNCC(=O)N[C@H](C)c1cccnc1. The van der Waals surface area contributed by atoms with Gasteiger partial charge in [0.15, 0.2) is 0 Å². The molecule has 0 aliphatic heterocycles. The number of rotatable bonds is 4. The fourth-order valence-electron chi connectivity index (χ4n) is 1.17. The molecule has 1 aromatic heterocycles. The number of carbonyl (C=O) groups is 1. The van der Waals surface area contributed by atoms with Crippen LogP contribution in [0.2, 0.25) is 0 Å². The summed E-state index contributed by atoms with van der Waals surface area (Å²) in [6.45, 7) is 2.27. The van der Waals surface area contributed by atoms with Gasteiger partial charge in [0.2, 0.25) is 5.91 Å². The second-order valence-electron chi connectivity index (χ2n) is 3.11. The molecule has 0 aromatic carbocycles. The second-order valence-corrected chi connectivity index (χ2v) is 3.11. The molecule has 0 unspecified atom stereocenters. The third-order valence-electron chi connectivity index (χ3n) is 1.90. The second kappa shape index (κ2) is 5.34. The van der Waals surface area contributed by atoms with Crippen LogP contribution in [0, 0.1) is 0 Å². The van der Waals surface area contributed by atoms with Crippen LogP contribution in [-0.2, 0) is 4.79 Å². The zero-order chi connectivity index (χ0) is 10.4. The van der Waals surface area contributed by atoms with Crippen LogP contribution in [-0.4, -0.2) is 24.5 Å². The van der Waals surface area contributed by atoms with Crippen molar-refractivity contribution in [3.05, 3.63) is 30.1 Å². The van der Waals surface area contributed by atoms with E-state index in [2.05, 4.69) is 15.6 Å². The maximum atomic E-state index is 11.2. The van der Waals surface area contributed by atoms with E-state index in [9.17, 15) is 4.79 Å². The maximum absolute atomic E-state index is 11.2. The lowest BCUT2D eigenvalue weighted by atomic mass is 10.1. The fourth-order valence-corrected chi connectivity index (χ4v) is 1.17. The van der Waals surface area contributed by atoms with Crippen LogP contribution in [0.15, 0.2) is 24.5 Å². The standard InChI is InChI=1S/C10H15N3O/c1-8(13-10(14)7-11-2)9-4-3-5-12-6-9/h3-6,8,11H,7H2,1-2H3,(H,13,14)/t8-/m1/s1. The summed E-state index contributed by atoms with van der Waals surface area (Å²) in [5.74, 6) is -0.0103. The minimum absolute atomic E-state index is 0.00421. The summed E-state index contributed by atoms with van der Waals surface area (Å²) < 4.78 is 0. The molecular formula is C10H15N3O. The van der Waals surface area contributed by atoms with Crippen molar-refractivity contribution >= 4 is 5.91 Å². The first-order valence-electron chi connectivity index (χ1n) is 4.58. The Hall–Kier alpha value is -1.42. The minimum Gasteiger partial charge on any atom is -0.348 e. The van der Waals surface area contributed by atoms with Crippen molar-refractivity contribution < 1.29 is 4.79 Å². The maximum Gasteiger partial charge on any atom is 0.234 e. The lowest BCUT2D eigenvalue weighted by molar-refractivity contribution is -0.120. The summed E-state index contributed by atoms with van der Waals surface area (Å²) in [5, 5.41) is 5.65. The van der Waals surface area contributed by atoms with Crippen molar-refractivity contribution in [3.63, 3.8) is 0 Å². The van der Waals surface area contributed by atoms with Crippen molar-refractivity contribution in [2.24, 2.45) is 0 Å². The van der Waals surface area contributed by atoms with Gasteiger partial charge in [0.1, 0.15) is 0 Å². The van der Waals surface area contributed by atoms with Crippen molar-refractivity contribution in [2.45, 2.75) is 13.0 Å². The molecule has 2 N–H and O–H groups in total. The van der Waals surface area contributed by atoms with E-state index >= 15 is 0 Å². The molecule has 14 heavy (non-hydrogen) atoms. The molecule has 1 atom stereocenters. The Morgan fingerprint density at radius 2 is 2.43 bits per heavy atom. The van der Waals surface area contributed by atoms with Crippen LogP contribution < -0.4 is 10.6 Å². The van der Waals surface area contributed by atoms with Crippen LogP contribution in [0.25, 0.3) is 0 Å². The van der Waals surface area contributed by atoms with E-state index in [1.54, 1.807) is 19.4 Å². The predicted molar refractivity (Wildman–Crippen MR) is 54.7 cm³/mol. The summed E-state index contributed by atoms with van der Waals surface area (Å²) in [5.41, 5.74) is 1.01. The summed E-state index contributed by atoms with van der Waals surface area (Å²) in [6.07, 6.45) is 3.47. The molecule has 0 radical (unpaired) electrons. The fraction of sp³-hybridized carbons (Fsp3) is 0.400. The quantitative estimate of drug-likeness (QED) is 0.731. The van der Waals surface area contributed by atoms with Gasteiger partial charge in [-0.05, 0) is 25.6 Å². The van der Waals surface area contributed by atoms with Crippen LogP contribution in [0.5, 0.6) is 0 Å². The molecule has 4 heteroatoms. The molecule has 1 heterocycles. The Balaban J connectivity index is 2.50. The average Bonchev–Trinajstić information content (AvgIpc) is 2.19. The largest absolute Gasteiger partial charge is 0.348 e. The zero-order valence-electron chi connectivity index (χ0n) is 8.45. The van der Waals surface area contributed by atoms with Crippen LogP contribution >= 0.6 is 0 Å². The molecule has 1 amide bonds. The lowest BCUT2D eigenvalue weighted by Crippen LogP contribution is -2.33. The molecule has 0 bridgehead atoms. The first-order valence-corrected chi connectivity index (χ1v) is 4.58. The Kier molecular flexibility index (Phi) is 4.07. The third-order valence-corrected chi connectivity index (χ3v) is 1.90. The molecule has 0 aliphatic carbocycles. The van der Waals surface area contributed by atoms with Crippen LogP contribution in [0.3, 0.4) is 0 Å². The molecule has 0 aliphatic rings. The summed E-state index contributed by atoms with van der Waals surface area (Å²) >= 11 is 0. The summed E-state index contributed by atoms with van der Waals surface area (Å²) in [6, 6.07) is 3.80. The number of carbonyl (C=O) groups excluding carboxylic acids is 1. The highest BCUT2D eigenvalue weighted by Gasteiger charge is 2.07. The van der Waals surface area contributed by atoms with E-state index < -0.39 is 0 Å². The molecule has 1 aromatic rings. The number of amides is 1. The first-order chi connectivity index (χ1) is 6.74. The monoisotopic (exact) mass is 193 g/mol. The number of aromatic nitrogens is 1. The minimum atomic E-state index is -0.0103. The van der Waals surface area contributed by atoms with Gasteiger partial charge in [-0.3, -0.25) is 9.78 Å². The van der Waals surface area contributed by atoms with E-state index in [0.29, 0.717) is 6.54 Å². The van der Waals surface area contributed by atoms with Gasteiger partial charge in [-0.2, -0.15) is 0 Å². The van der Waals surface area contributed by atoms with Gasteiger partial charge >= 0.3 is 0 Å². The number of hydrogen-bond donors (Lipinski definition) is 2. The number of nitrogens with one attached hydrogen (secondary N) is 2. The molecular weight excluding hydrogens is 178 g/mol. The number of hydrogen-bond acceptors (Lipinski definition) is 3. The van der Waals surface area contributed by atoms with Gasteiger partial charge in [0.25, 0.3) is 0 Å². The summed E-state index contributed by atoms with van der Waals surface area (Å²) in [4.78, 5) is 15.2. The van der Waals surface area contributed by atoms with E-state index in [1.165, 1.54) is 0 Å². The Morgan fingerprint density at radius 3 is 3.00 bits per heavy atom. The average molecular weight is 193 g/mol. The number of pyridine rings is 1. The van der Waals surface area contributed by atoms with Gasteiger partial charge < -0.3 is 10.6 Å². The topological polar surface area (TPSA) is 54.0 Å². The molecule has 76 valence electrons. The molecule has 0 saturated heterocycles. The van der Waals surface area contributed by atoms with E-state index in [4.69, 9.17) is 0 Å². The highest BCUT2D eigenvalue weighted by molar-refractivity contribution is 5.78. The van der Waals surface area contributed by atoms with Gasteiger partial charge in [0, 0.05) is 12.4 Å². The van der Waals surface area contributed by atoms with Gasteiger partial charge in [-0.1, -0.05) is 6.07 Å². The van der Waals surface area contributed by atoms with E-state index in [1.807, 2.05) is 19.1 Å².